The fourth-order valence-corrected chi connectivity index (χ4v) is 4.36. The number of ether oxygens (including phenoxy) is 4. The molecule has 1 aliphatic rings. The Morgan fingerprint density at radius 3 is 2.56 bits per heavy atom. The number of halogens is 3. The molecule has 1 aliphatic heterocycles. The lowest BCUT2D eigenvalue weighted by atomic mass is 10.2. The van der Waals surface area contributed by atoms with Crippen LogP contribution in [0.15, 0.2) is 54.9 Å². The summed E-state index contributed by atoms with van der Waals surface area (Å²) >= 11 is 6.36. The Balaban J connectivity index is 1.27. The third-order valence-electron chi connectivity index (χ3n) is 6.24. The predicted molar refractivity (Wildman–Crippen MR) is 149 cm³/mol. The molecule has 0 saturated carbocycles. The molecule has 1 aromatic heterocycles. The van der Waals surface area contributed by atoms with Crippen molar-refractivity contribution in [3.8, 4) is 23.1 Å². The van der Waals surface area contributed by atoms with E-state index in [0.29, 0.717) is 40.8 Å². The second kappa shape index (κ2) is 12.9. The molecule has 0 atom stereocenters. The minimum absolute atomic E-state index is 0.157. The third kappa shape index (κ3) is 7.09. The number of carbonyl (C=O) groups is 1. The number of nitrogens with one attached hydrogen (secondary N) is 2. The van der Waals surface area contributed by atoms with E-state index in [1.165, 1.54) is 18.5 Å². The van der Waals surface area contributed by atoms with Crippen LogP contribution in [0, 0.1) is 11.6 Å². The van der Waals surface area contributed by atoms with Gasteiger partial charge in [0.25, 0.3) is 0 Å². The van der Waals surface area contributed by atoms with Crippen LogP contribution in [-0.4, -0.2) is 67.5 Å². The summed E-state index contributed by atoms with van der Waals surface area (Å²) < 4.78 is 49.9. The minimum Gasteiger partial charge on any atom is -0.493 e. The average Bonchev–Trinajstić information content (AvgIpc) is 2.96. The zero-order valence-corrected chi connectivity index (χ0v) is 22.7. The van der Waals surface area contributed by atoms with Crippen LogP contribution in [0.3, 0.4) is 0 Å². The van der Waals surface area contributed by atoms with Crippen LogP contribution in [0.25, 0.3) is 10.9 Å². The normalized spacial score (nSPS) is 13.6. The van der Waals surface area contributed by atoms with Gasteiger partial charge in [-0.1, -0.05) is 11.6 Å². The van der Waals surface area contributed by atoms with Gasteiger partial charge in [-0.15, -0.1) is 0 Å². The fourth-order valence-electron chi connectivity index (χ4n) is 4.14. The highest BCUT2D eigenvalue weighted by molar-refractivity contribution is 6.34. The lowest BCUT2D eigenvalue weighted by Gasteiger charge is -2.26. The molecule has 2 N–H and O–H groups in total. The molecular formula is C28H26ClF2N5O5. The van der Waals surface area contributed by atoms with Gasteiger partial charge in [-0.25, -0.2) is 23.5 Å². The number of carbonyl (C=O) groups excluding carboxylic acids is 1. The molecular weight excluding hydrogens is 560 g/mol. The zero-order valence-electron chi connectivity index (χ0n) is 22.0. The highest BCUT2D eigenvalue weighted by Crippen LogP contribution is 2.37. The van der Waals surface area contributed by atoms with E-state index < -0.39 is 17.7 Å². The number of nitrogens with zero attached hydrogens (tertiary/aromatic N) is 3. The minimum atomic E-state index is -0.907. The molecule has 0 spiro atoms. The smallest absolute Gasteiger partial charge is 0.323 e. The van der Waals surface area contributed by atoms with Gasteiger partial charge in [-0.05, 0) is 30.3 Å². The van der Waals surface area contributed by atoms with Crippen LogP contribution in [0.1, 0.15) is 0 Å². The summed E-state index contributed by atoms with van der Waals surface area (Å²) in [4.78, 5) is 23.2. The summed E-state index contributed by atoms with van der Waals surface area (Å²) in [6.45, 7) is 4.42. The summed E-state index contributed by atoms with van der Waals surface area (Å²) in [6.07, 6.45) is 1.37. The van der Waals surface area contributed by atoms with Crippen LogP contribution in [-0.2, 0) is 4.74 Å². The van der Waals surface area contributed by atoms with Gasteiger partial charge in [0.05, 0.1) is 47.6 Å². The van der Waals surface area contributed by atoms with E-state index in [1.807, 2.05) is 0 Å². The summed E-state index contributed by atoms with van der Waals surface area (Å²) in [5.74, 6) is -0.00840. The van der Waals surface area contributed by atoms with Crippen molar-refractivity contribution in [1.82, 2.24) is 14.9 Å². The molecule has 10 nitrogen and oxygen atoms in total. The molecule has 0 bridgehead atoms. The van der Waals surface area contributed by atoms with E-state index in [9.17, 15) is 13.6 Å². The van der Waals surface area contributed by atoms with Gasteiger partial charge in [0.2, 0.25) is 5.88 Å². The summed E-state index contributed by atoms with van der Waals surface area (Å²) in [7, 11) is 1.55. The standard InChI is InChI=1S/C28H26ClF2N5O5/c1-38-25-14-19-24(15-26(25)40-11-8-36-6-9-39-10-7-36)32-16-33-27(19)41-18-3-5-22(20(29)13-18)34-28(37)35-23-4-2-17(30)12-21(23)31/h2-5,12-16H,6-11H2,1H3,(H2,34,35,37). The van der Waals surface area contributed by atoms with Gasteiger partial charge in [0.15, 0.2) is 11.5 Å². The van der Waals surface area contributed by atoms with Gasteiger partial charge in [-0.2, -0.15) is 0 Å². The fraction of sp³-hybridized carbons (Fsp3) is 0.250. The first-order chi connectivity index (χ1) is 19.9. The number of morpholine rings is 1. The first-order valence-corrected chi connectivity index (χ1v) is 13.0. The van der Waals surface area contributed by atoms with Crippen molar-refractivity contribution >= 4 is 39.9 Å². The number of anilines is 2. The van der Waals surface area contributed by atoms with Crippen molar-refractivity contribution in [1.29, 1.82) is 0 Å². The topological polar surface area (TPSA) is 107 Å². The van der Waals surface area contributed by atoms with Crippen LogP contribution in [0.5, 0.6) is 23.1 Å². The third-order valence-corrected chi connectivity index (χ3v) is 6.55. The number of hydrogen-bond acceptors (Lipinski definition) is 8. The first-order valence-electron chi connectivity index (χ1n) is 12.7. The Kier molecular flexibility index (Phi) is 8.92. The number of amides is 2. The number of urea groups is 1. The molecule has 41 heavy (non-hydrogen) atoms. The number of aromatic nitrogens is 2. The van der Waals surface area contributed by atoms with Crippen molar-refractivity contribution in [2.45, 2.75) is 0 Å². The summed E-state index contributed by atoms with van der Waals surface area (Å²) in [6, 6.07) is 10.1. The van der Waals surface area contributed by atoms with Gasteiger partial charge < -0.3 is 29.6 Å². The highest BCUT2D eigenvalue weighted by Gasteiger charge is 2.16. The van der Waals surface area contributed by atoms with Crippen molar-refractivity contribution in [2.24, 2.45) is 0 Å². The molecule has 13 heteroatoms. The van der Waals surface area contributed by atoms with Crippen LogP contribution in [0.2, 0.25) is 5.02 Å². The lowest BCUT2D eigenvalue weighted by molar-refractivity contribution is 0.0321. The maximum Gasteiger partial charge on any atom is 0.323 e. The first kappa shape index (κ1) is 28.3. The Morgan fingerprint density at radius 1 is 1.02 bits per heavy atom. The average molecular weight is 586 g/mol. The second-order valence-corrected chi connectivity index (χ2v) is 9.36. The van der Waals surface area contributed by atoms with Crippen molar-refractivity contribution in [3.05, 3.63) is 71.5 Å². The Morgan fingerprint density at radius 2 is 1.80 bits per heavy atom. The molecule has 4 aromatic rings. The SMILES string of the molecule is COc1cc2c(Oc3ccc(NC(=O)Nc4ccc(F)cc4F)c(Cl)c3)ncnc2cc1OCCN1CCOCC1. The van der Waals surface area contributed by atoms with E-state index in [2.05, 4.69) is 25.5 Å². The molecule has 1 fully saturated rings. The van der Waals surface area contributed by atoms with Crippen LogP contribution < -0.4 is 24.8 Å². The molecule has 214 valence electrons. The molecule has 0 radical (unpaired) electrons. The molecule has 5 rings (SSSR count). The number of benzene rings is 3. The Labute approximate surface area is 239 Å². The summed E-state index contributed by atoms with van der Waals surface area (Å²) in [5, 5.41) is 5.56. The molecule has 2 heterocycles. The molecule has 2 amide bonds. The summed E-state index contributed by atoms with van der Waals surface area (Å²) in [5.41, 5.74) is 0.648. The highest BCUT2D eigenvalue weighted by atomic mass is 35.5. The van der Waals surface area contributed by atoms with Gasteiger partial charge in [0.1, 0.15) is 30.3 Å². The van der Waals surface area contributed by atoms with E-state index >= 15 is 0 Å². The quantitative estimate of drug-likeness (QED) is 0.257. The van der Waals surface area contributed by atoms with Crippen molar-refractivity contribution in [3.63, 3.8) is 0 Å². The Bertz CT molecular complexity index is 1550. The van der Waals surface area contributed by atoms with Gasteiger partial charge in [0, 0.05) is 37.8 Å². The van der Waals surface area contributed by atoms with E-state index in [-0.39, 0.29) is 22.3 Å². The molecule has 1 saturated heterocycles. The second-order valence-electron chi connectivity index (χ2n) is 8.95. The lowest BCUT2D eigenvalue weighted by Crippen LogP contribution is -2.38. The van der Waals surface area contributed by atoms with Crippen molar-refractivity contribution < 1.29 is 32.5 Å². The number of rotatable bonds is 9. The van der Waals surface area contributed by atoms with E-state index in [0.717, 1.165) is 45.0 Å². The maximum atomic E-state index is 13.8. The molecule has 3 aromatic carbocycles. The van der Waals surface area contributed by atoms with E-state index in [1.54, 1.807) is 25.3 Å². The predicted octanol–water partition coefficient (Wildman–Crippen LogP) is 5.72. The maximum absolute atomic E-state index is 13.8. The largest absolute Gasteiger partial charge is 0.493 e. The Hall–Kier alpha value is -4.26. The van der Waals surface area contributed by atoms with Crippen LogP contribution in [0.4, 0.5) is 25.0 Å². The van der Waals surface area contributed by atoms with E-state index in [4.69, 9.17) is 30.5 Å². The van der Waals surface area contributed by atoms with Crippen LogP contribution >= 0.6 is 11.6 Å². The van der Waals surface area contributed by atoms with Gasteiger partial charge >= 0.3 is 6.03 Å². The molecule has 0 aliphatic carbocycles. The molecule has 0 unspecified atom stereocenters. The van der Waals surface area contributed by atoms with Gasteiger partial charge in [-0.3, -0.25) is 4.90 Å². The number of hydrogen-bond donors (Lipinski definition) is 2. The number of fused-ring (bicyclic) bond motifs is 1. The van der Waals surface area contributed by atoms with Crippen molar-refractivity contribution in [2.75, 3.05) is 57.2 Å². The zero-order chi connectivity index (χ0) is 28.8. The number of methoxy groups -OCH3 is 1. The monoisotopic (exact) mass is 585 g/mol.